The van der Waals surface area contributed by atoms with E-state index in [1.165, 1.54) is 16.7 Å². The molecule has 6 rings (SSSR count). The lowest BCUT2D eigenvalue weighted by atomic mass is 10.0. The molecule has 0 atom stereocenters. The molecular weight excluding hydrogens is 645 g/mol. The van der Waals surface area contributed by atoms with Crippen molar-refractivity contribution in [3.05, 3.63) is 136 Å². The molecule has 0 saturated carbocycles. The topological polar surface area (TPSA) is 102 Å². The minimum atomic E-state index is 0.748. The number of aliphatic imine (C=N–C) groups is 1. The van der Waals surface area contributed by atoms with Crippen molar-refractivity contribution in [2.24, 2.45) is 15.2 Å². The molecular formula is C42H44N10. The second-order valence-corrected chi connectivity index (χ2v) is 13.1. The van der Waals surface area contributed by atoms with Gasteiger partial charge in [0.25, 0.3) is 0 Å². The van der Waals surface area contributed by atoms with Crippen LogP contribution < -0.4 is 4.90 Å². The summed E-state index contributed by atoms with van der Waals surface area (Å²) in [6, 6.07) is 25.4. The van der Waals surface area contributed by atoms with E-state index >= 15 is 0 Å². The number of hydrogen-bond acceptors (Lipinski definition) is 8. The Kier molecular flexibility index (Phi) is 10.5. The highest BCUT2D eigenvalue weighted by Gasteiger charge is 2.14. The van der Waals surface area contributed by atoms with Gasteiger partial charge in [0, 0.05) is 48.2 Å². The van der Waals surface area contributed by atoms with Gasteiger partial charge < -0.3 is 4.90 Å². The summed E-state index contributed by atoms with van der Waals surface area (Å²) >= 11 is 0. The third-order valence-electron chi connectivity index (χ3n) is 8.81. The van der Waals surface area contributed by atoms with E-state index in [4.69, 9.17) is 0 Å². The molecule has 262 valence electrons. The fourth-order valence-electron chi connectivity index (χ4n) is 6.33. The van der Waals surface area contributed by atoms with Crippen LogP contribution in [0.2, 0.25) is 0 Å². The van der Waals surface area contributed by atoms with E-state index in [1.54, 1.807) is 7.05 Å². The fourth-order valence-corrected chi connectivity index (χ4v) is 6.33. The average Bonchev–Trinajstić information content (AvgIpc) is 3.83. The number of nitrogens with zero attached hydrogens (tertiary/aromatic N) is 10. The number of allylic oxidation sites excluding steroid dienone is 1. The first-order valence-electron chi connectivity index (χ1n) is 17.3. The average molecular weight is 689 g/mol. The Morgan fingerprint density at radius 3 is 1.79 bits per heavy atom. The molecule has 0 spiro atoms. The maximum atomic E-state index is 4.58. The quantitative estimate of drug-likeness (QED) is 0.0997. The van der Waals surface area contributed by atoms with Gasteiger partial charge in [0.2, 0.25) is 0 Å². The molecule has 0 radical (unpaired) electrons. The second kappa shape index (κ2) is 15.3. The van der Waals surface area contributed by atoms with Crippen molar-refractivity contribution in [1.82, 2.24) is 30.0 Å². The lowest BCUT2D eigenvalue weighted by Gasteiger charge is -2.18. The van der Waals surface area contributed by atoms with Crippen LogP contribution in [0.4, 0.5) is 5.69 Å². The maximum Gasteiger partial charge on any atom is 0.113 e. The van der Waals surface area contributed by atoms with E-state index < -0.39 is 0 Å². The van der Waals surface area contributed by atoms with Crippen molar-refractivity contribution < 1.29 is 0 Å². The zero-order valence-corrected chi connectivity index (χ0v) is 31.1. The number of anilines is 1. The Labute approximate surface area is 305 Å². The Bertz CT molecular complexity index is 2330. The van der Waals surface area contributed by atoms with Crippen LogP contribution in [-0.4, -0.2) is 50.8 Å². The van der Waals surface area contributed by atoms with Gasteiger partial charge in [-0.3, -0.25) is 4.99 Å². The van der Waals surface area contributed by atoms with Gasteiger partial charge in [-0.25, -0.2) is 9.36 Å². The zero-order chi connectivity index (χ0) is 36.9. The van der Waals surface area contributed by atoms with Crippen molar-refractivity contribution in [3.63, 3.8) is 0 Å². The summed E-state index contributed by atoms with van der Waals surface area (Å²) in [7, 11) is 3.69. The van der Waals surface area contributed by atoms with E-state index in [-0.39, 0.29) is 0 Å². The third kappa shape index (κ3) is 7.86. The first kappa shape index (κ1) is 35.5. The number of aryl methyl sites for hydroxylation is 5. The first-order chi connectivity index (χ1) is 25.1. The maximum absolute atomic E-state index is 4.58. The summed E-state index contributed by atoms with van der Waals surface area (Å²) in [6.45, 7) is 16.3. The SMILES string of the molecule is C=N/C(=C\N(C)c1cc(C)cc(-n2cc(-c3cc(C)cc(-c4cn(-c5cc(C)cc(C)c5)nn4)c3)nn2)c1)c1cc(CC)cc(/C(=C/C)N=NC)c1. The molecule has 10 heteroatoms. The summed E-state index contributed by atoms with van der Waals surface area (Å²) in [4.78, 5) is 6.48. The molecule has 0 bridgehead atoms. The van der Waals surface area contributed by atoms with E-state index in [1.807, 2.05) is 48.0 Å². The van der Waals surface area contributed by atoms with Crippen LogP contribution in [0.5, 0.6) is 0 Å². The molecule has 2 aromatic heterocycles. The number of rotatable bonds is 11. The highest BCUT2D eigenvalue weighted by Crippen LogP contribution is 2.30. The Hall–Kier alpha value is -6.29. The largest absolute Gasteiger partial charge is 0.349 e. The van der Waals surface area contributed by atoms with Gasteiger partial charge in [-0.15, -0.1) is 10.2 Å². The molecule has 10 nitrogen and oxygen atoms in total. The summed E-state index contributed by atoms with van der Waals surface area (Å²) < 4.78 is 3.63. The van der Waals surface area contributed by atoms with Gasteiger partial charge in [-0.1, -0.05) is 29.5 Å². The molecule has 0 unspecified atom stereocenters. The third-order valence-corrected chi connectivity index (χ3v) is 8.81. The lowest BCUT2D eigenvalue weighted by Crippen LogP contribution is -2.10. The molecule has 6 aromatic rings. The predicted molar refractivity (Wildman–Crippen MR) is 212 cm³/mol. The minimum Gasteiger partial charge on any atom is -0.349 e. The Morgan fingerprint density at radius 1 is 0.712 bits per heavy atom. The van der Waals surface area contributed by atoms with Crippen LogP contribution in [0, 0.1) is 27.7 Å². The van der Waals surface area contributed by atoms with Crippen LogP contribution in [0.1, 0.15) is 52.8 Å². The Morgan fingerprint density at radius 2 is 1.25 bits per heavy atom. The highest BCUT2D eigenvalue weighted by molar-refractivity contribution is 5.76. The van der Waals surface area contributed by atoms with E-state index in [2.05, 4.69) is 155 Å². The molecule has 0 saturated heterocycles. The molecule has 0 aliphatic carbocycles. The van der Waals surface area contributed by atoms with E-state index in [0.29, 0.717) is 0 Å². The van der Waals surface area contributed by atoms with Crippen molar-refractivity contribution in [1.29, 1.82) is 0 Å². The normalized spacial score (nSPS) is 12.2. The first-order valence-corrected chi connectivity index (χ1v) is 17.3. The Balaban J connectivity index is 1.29. The highest BCUT2D eigenvalue weighted by atomic mass is 15.4. The standard InChI is InChI=1S/C42H44N10/c1-10-31-19-34(39(11-2)45-44-8)22-35(20-31)40(43-7)24-50(9)36-15-30(6)18-38(23-36)52-26-42(47-49-52)33-14-29(5)13-32(21-33)41-25-51(48-46-41)37-16-27(3)12-28(4)17-37/h11-26H,7,10H2,1-6,8-9H3/b39-11-,40-24-,45-44?. The molecule has 2 heterocycles. The van der Waals surface area contributed by atoms with Gasteiger partial charge >= 0.3 is 0 Å². The minimum absolute atomic E-state index is 0.748. The van der Waals surface area contributed by atoms with Gasteiger partial charge in [0.05, 0.1) is 35.2 Å². The van der Waals surface area contributed by atoms with Crippen LogP contribution in [-0.2, 0) is 6.42 Å². The zero-order valence-electron chi connectivity index (χ0n) is 31.1. The molecule has 0 aliphatic rings. The lowest BCUT2D eigenvalue weighted by molar-refractivity contribution is 0.802. The fraction of sp³-hybridized carbons (Fsp3) is 0.214. The smallest absolute Gasteiger partial charge is 0.113 e. The predicted octanol–water partition coefficient (Wildman–Crippen LogP) is 9.56. The number of benzene rings is 4. The van der Waals surface area contributed by atoms with Crippen molar-refractivity contribution in [2.45, 2.75) is 48.0 Å². The van der Waals surface area contributed by atoms with Crippen LogP contribution >= 0.6 is 0 Å². The van der Waals surface area contributed by atoms with Gasteiger partial charge in [-0.2, -0.15) is 10.2 Å². The summed E-state index contributed by atoms with van der Waals surface area (Å²) in [6.07, 6.45) is 8.76. The van der Waals surface area contributed by atoms with Crippen LogP contribution in [0.3, 0.4) is 0 Å². The molecule has 0 fully saturated rings. The molecule has 0 aliphatic heterocycles. The van der Waals surface area contributed by atoms with E-state index in [0.717, 1.165) is 79.6 Å². The van der Waals surface area contributed by atoms with Gasteiger partial charge in [-0.05, 0) is 142 Å². The summed E-state index contributed by atoms with van der Waals surface area (Å²) in [5, 5.41) is 26.4. The summed E-state index contributed by atoms with van der Waals surface area (Å²) in [5.74, 6) is 0. The van der Waals surface area contributed by atoms with Crippen molar-refractivity contribution in [2.75, 3.05) is 19.0 Å². The molecule has 52 heavy (non-hydrogen) atoms. The number of azo groups is 1. The summed E-state index contributed by atoms with van der Waals surface area (Å²) in [5.41, 5.74) is 15.5. The molecule has 0 N–H and O–H groups in total. The van der Waals surface area contributed by atoms with Crippen molar-refractivity contribution in [3.8, 4) is 33.9 Å². The monoisotopic (exact) mass is 688 g/mol. The van der Waals surface area contributed by atoms with Crippen molar-refractivity contribution >= 4 is 23.8 Å². The van der Waals surface area contributed by atoms with Gasteiger partial charge in [0.15, 0.2) is 0 Å². The molecule has 4 aromatic carbocycles. The van der Waals surface area contributed by atoms with E-state index in [9.17, 15) is 0 Å². The molecule has 0 amide bonds. The number of hydrogen-bond donors (Lipinski definition) is 0. The van der Waals surface area contributed by atoms with Crippen LogP contribution in [0.25, 0.3) is 45.3 Å². The number of aromatic nitrogens is 6. The second-order valence-electron chi connectivity index (χ2n) is 13.1. The van der Waals surface area contributed by atoms with Crippen LogP contribution in [0.15, 0.2) is 113 Å². The van der Waals surface area contributed by atoms with Gasteiger partial charge in [0.1, 0.15) is 11.4 Å².